The summed E-state index contributed by atoms with van der Waals surface area (Å²) >= 11 is 4.58. The number of nitrogens with zero attached hydrogens (tertiary/aromatic N) is 4. The van der Waals surface area contributed by atoms with Crippen molar-refractivity contribution in [1.82, 2.24) is 24.4 Å². The number of anilines is 1. The maximum atomic E-state index is 13.2. The molecule has 218 valence electrons. The molecule has 2 N–H and O–H groups in total. The van der Waals surface area contributed by atoms with Gasteiger partial charge in [0.25, 0.3) is 5.91 Å². The van der Waals surface area contributed by atoms with Crippen LogP contribution >= 0.6 is 27.7 Å². The summed E-state index contributed by atoms with van der Waals surface area (Å²) in [5.41, 5.74) is 1.50. The van der Waals surface area contributed by atoms with Gasteiger partial charge >= 0.3 is 0 Å². The highest BCUT2D eigenvalue weighted by atomic mass is 79.9. The number of hydrogen-bond acceptors (Lipinski definition) is 7. The first kappa shape index (κ1) is 29.9. The number of amides is 2. The monoisotopic (exact) mass is 672 g/mol. The summed E-state index contributed by atoms with van der Waals surface area (Å²) < 4.78 is 42.8. The van der Waals surface area contributed by atoms with Crippen LogP contribution in [0.2, 0.25) is 0 Å². The molecule has 0 unspecified atom stereocenters. The second kappa shape index (κ2) is 13.2. The molecule has 2 amide bonds. The fraction of sp³-hybridized carbons (Fsp3) is 0.214. The fourth-order valence-electron chi connectivity index (χ4n) is 4.34. The molecule has 0 radical (unpaired) electrons. The van der Waals surface area contributed by atoms with Crippen LogP contribution in [0.5, 0.6) is 0 Å². The molecule has 1 aliphatic heterocycles. The third kappa shape index (κ3) is 7.06. The van der Waals surface area contributed by atoms with Gasteiger partial charge in [-0.3, -0.25) is 14.2 Å². The van der Waals surface area contributed by atoms with Crippen molar-refractivity contribution in [2.24, 2.45) is 0 Å². The Morgan fingerprint density at radius 3 is 2.26 bits per heavy atom. The summed E-state index contributed by atoms with van der Waals surface area (Å²) in [4.78, 5) is 25.6. The highest BCUT2D eigenvalue weighted by molar-refractivity contribution is 9.10. The molecule has 0 saturated carbocycles. The van der Waals surface area contributed by atoms with E-state index in [-0.39, 0.29) is 23.1 Å². The van der Waals surface area contributed by atoms with E-state index in [0.29, 0.717) is 35.3 Å². The Labute approximate surface area is 254 Å². The van der Waals surface area contributed by atoms with Crippen LogP contribution in [-0.4, -0.2) is 58.1 Å². The minimum Gasteiger partial charge on any atom is -0.345 e. The number of nitrogens with one attached hydrogen (secondary N) is 2. The Morgan fingerprint density at radius 2 is 1.60 bits per heavy atom. The number of hydrogen-bond donors (Lipinski definition) is 2. The topological polar surface area (TPSA) is 126 Å². The van der Waals surface area contributed by atoms with Crippen LogP contribution in [0.25, 0.3) is 5.69 Å². The van der Waals surface area contributed by atoms with Crippen molar-refractivity contribution >= 4 is 55.2 Å². The van der Waals surface area contributed by atoms with E-state index in [1.165, 1.54) is 52.8 Å². The van der Waals surface area contributed by atoms with Gasteiger partial charge in [0, 0.05) is 34.5 Å². The normalized spacial score (nSPS) is 13.7. The zero-order chi connectivity index (χ0) is 29.7. The minimum absolute atomic E-state index is 0.0189. The van der Waals surface area contributed by atoms with Crippen molar-refractivity contribution in [3.8, 4) is 5.69 Å². The van der Waals surface area contributed by atoms with Crippen LogP contribution in [0.15, 0.2) is 87.3 Å². The quantitative estimate of drug-likeness (QED) is 0.236. The number of thioether (sulfide) groups is 1. The van der Waals surface area contributed by atoms with E-state index in [2.05, 4.69) is 36.8 Å². The first-order valence-electron chi connectivity index (χ1n) is 13.0. The van der Waals surface area contributed by atoms with E-state index in [4.69, 9.17) is 0 Å². The molecule has 1 fully saturated rings. The lowest BCUT2D eigenvalue weighted by Gasteiger charge is -2.15. The van der Waals surface area contributed by atoms with Crippen molar-refractivity contribution in [3.63, 3.8) is 0 Å². The average molecular weight is 674 g/mol. The number of aromatic nitrogens is 3. The van der Waals surface area contributed by atoms with Crippen molar-refractivity contribution in [2.75, 3.05) is 24.2 Å². The van der Waals surface area contributed by atoms with E-state index in [9.17, 15) is 22.4 Å². The molecule has 3 aromatic carbocycles. The van der Waals surface area contributed by atoms with Crippen LogP contribution in [0.3, 0.4) is 0 Å². The largest absolute Gasteiger partial charge is 0.345 e. The van der Waals surface area contributed by atoms with Gasteiger partial charge in [-0.05, 0) is 85.6 Å². The molecule has 2 heterocycles. The standard InChI is InChI=1S/C28H26BrFN6O4S2/c29-20-5-11-23(12-6-20)36-25(33-34-28(36)41-18-26(37)32-22-9-7-21(30)8-10-22)17-31-27(38)19-3-13-24(14-4-19)42(39,40)35-15-1-2-16-35/h3-14H,1-2,15-18H2,(H,31,38)(H,32,37). The van der Waals surface area contributed by atoms with Gasteiger partial charge in [0.05, 0.1) is 17.2 Å². The van der Waals surface area contributed by atoms with E-state index < -0.39 is 21.7 Å². The van der Waals surface area contributed by atoms with Gasteiger partial charge in [-0.1, -0.05) is 27.7 Å². The molecule has 4 aromatic rings. The summed E-state index contributed by atoms with van der Waals surface area (Å²) in [6.07, 6.45) is 1.68. The summed E-state index contributed by atoms with van der Waals surface area (Å²) in [5, 5.41) is 14.5. The number of rotatable bonds is 10. The van der Waals surface area contributed by atoms with Crippen LogP contribution in [0.4, 0.5) is 10.1 Å². The SMILES string of the molecule is O=C(CSc1nnc(CNC(=O)c2ccc(S(=O)(=O)N3CCCC3)cc2)n1-c1ccc(Br)cc1)Nc1ccc(F)cc1. The Kier molecular flexibility index (Phi) is 9.36. The van der Waals surface area contributed by atoms with Crippen LogP contribution in [-0.2, 0) is 21.4 Å². The van der Waals surface area contributed by atoms with Gasteiger partial charge in [-0.25, -0.2) is 12.8 Å². The number of halogens is 2. The third-order valence-electron chi connectivity index (χ3n) is 6.47. The average Bonchev–Trinajstić information content (AvgIpc) is 3.68. The molecule has 0 atom stereocenters. The van der Waals surface area contributed by atoms with Gasteiger partial charge < -0.3 is 10.6 Å². The summed E-state index contributed by atoms with van der Waals surface area (Å²) in [6.45, 7) is 1.03. The molecule has 1 saturated heterocycles. The number of benzene rings is 3. The predicted octanol–water partition coefficient (Wildman–Crippen LogP) is 4.61. The van der Waals surface area contributed by atoms with Crippen molar-refractivity contribution in [1.29, 1.82) is 0 Å². The van der Waals surface area contributed by atoms with Gasteiger partial charge in [0.15, 0.2) is 11.0 Å². The van der Waals surface area contributed by atoms with Gasteiger partial charge in [0.1, 0.15) is 5.82 Å². The van der Waals surface area contributed by atoms with Crippen molar-refractivity contribution in [2.45, 2.75) is 29.4 Å². The Hall–Kier alpha value is -3.59. The third-order valence-corrected chi connectivity index (χ3v) is 9.84. The minimum atomic E-state index is -3.57. The molecule has 0 spiro atoms. The highest BCUT2D eigenvalue weighted by Crippen LogP contribution is 2.25. The first-order valence-corrected chi connectivity index (χ1v) is 16.2. The number of sulfonamides is 1. The lowest BCUT2D eigenvalue weighted by atomic mass is 10.2. The molecular formula is C28H26BrFN6O4S2. The predicted molar refractivity (Wildman–Crippen MR) is 160 cm³/mol. The van der Waals surface area contributed by atoms with E-state index >= 15 is 0 Å². The first-order chi connectivity index (χ1) is 20.2. The second-order valence-electron chi connectivity index (χ2n) is 9.37. The molecule has 1 aromatic heterocycles. The Balaban J connectivity index is 1.27. The summed E-state index contributed by atoms with van der Waals surface area (Å²) in [7, 11) is -3.57. The Morgan fingerprint density at radius 1 is 0.929 bits per heavy atom. The number of carbonyl (C=O) groups excluding carboxylic acids is 2. The smallest absolute Gasteiger partial charge is 0.251 e. The van der Waals surface area contributed by atoms with Crippen LogP contribution in [0, 0.1) is 5.82 Å². The molecule has 0 bridgehead atoms. The lowest BCUT2D eigenvalue weighted by Crippen LogP contribution is -2.28. The van der Waals surface area contributed by atoms with Crippen molar-refractivity contribution < 1.29 is 22.4 Å². The number of carbonyl (C=O) groups is 2. The van der Waals surface area contributed by atoms with Crippen LogP contribution in [0.1, 0.15) is 29.0 Å². The second-order valence-corrected chi connectivity index (χ2v) is 13.2. The van der Waals surface area contributed by atoms with E-state index in [1.54, 1.807) is 4.57 Å². The molecular weight excluding hydrogens is 647 g/mol. The van der Waals surface area contributed by atoms with Gasteiger partial charge in [0.2, 0.25) is 15.9 Å². The molecule has 10 nitrogen and oxygen atoms in total. The van der Waals surface area contributed by atoms with Crippen LogP contribution < -0.4 is 10.6 Å². The molecule has 0 aliphatic carbocycles. The van der Waals surface area contributed by atoms with E-state index in [1.807, 2.05) is 24.3 Å². The molecule has 1 aliphatic rings. The van der Waals surface area contributed by atoms with Crippen molar-refractivity contribution in [3.05, 3.63) is 94.5 Å². The molecule has 5 rings (SSSR count). The lowest BCUT2D eigenvalue weighted by molar-refractivity contribution is -0.113. The fourth-order valence-corrected chi connectivity index (χ4v) is 6.89. The maximum absolute atomic E-state index is 13.2. The summed E-state index contributed by atoms with van der Waals surface area (Å²) in [6, 6.07) is 18.7. The van der Waals surface area contributed by atoms with E-state index in [0.717, 1.165) is 34.8 Å². The zero-order valence-corrected chi connectivity index (χ0v) is 25.4. The van der Waals surface area contributed by atoms with Gasteiger partial charge in [-0.15, -0.1) is 10.2 Å². The highest BCUT2D eigenvalue weighted by Gasteiger charge is 2.27. The summed E-state index contributed by atoms with van der Waals surface area (Å²) in [5.74, 6) is -0.654. The zero-order valence-electron chi connectivity index (χ0n) is 22.2. The van der Waals surface area contributed by atoms with Gasteiger partial charge in [-0.2, -0.15) is 4.31 Å². The molecule has 42 heavy (non-hydrogen) atoms. The maximum Gasteiger partial charge on any atom is 0.251 e. The Bertz CT molecular complexity index is 1680. The molecule has 14 heteroatoms.